The van der Waals surface area contributed by atoms with Crippen LogP contribution in [0, 0.1) is 0 Å². The van der Waals surface area contributed by atoms with Gasteiger partial charge in [-0.25, -0.2) is 14.1 Å². The molecule has 0 spiro atoms. The number of nitrogen functional groups attached to an aromatic ring is 1. The topological polar surface area (TPSA) is 192 Å². The number of ether oxygens (including phenoxy) is 4. The third kappa shape index (κ3) is 6.71. The number of para-hydroxylation sites is 1. The zero-order chi connectivity index (χ0) is 30.7. The van der Waals surface area contributed by atoms with Crippen molar-refractivity contribution < 1.29 is 46.9 Å². The molecule has 3 N–H and O–H groups in total. The van der Waals surface area contributed by atoms with Crippen molar-refractivity contribution in [1.82, 2.24) is 19.7 Å². The number of aromatic nitrogens is 3. The van der Waals surface area contributed by atoms with Crippen molar-refractivity contribution in [2.24, 2.45) is 0 Å². The average molecular weight is 606 g/mol. The van der Waals surface area contributed by atoms with E-state index in [4.69, 9.17) is 33.7 Å². The highest BCUT2D eigenvalue weighted by atomic mass is 31.2. The van der Waals surface area contributed by atoms with E-state index < -0.39 is 62.2 Å². The average Bonchev–Trinajstić information content (AvgIpc) is 3.48. The van der Waals surface area contributed by atoms with Gasteiger partial charge in [0.15, 0.2) is 18.0 Å². The van der Waals surface area contributed by atoms with Gasteiger partial charge in [0.2, 0.25) is 0 Å². The van der Waals surface area contributed by atoms with Crippen LogP contribution in [0.25, 0.3) is 5.52 Å². The van der Waals surface area contributed by atoms with Crippen molar-refractivity contribution in [2.45, 2.75) is 57.6 Å². The summed E-state index contributed by atoms with van der Waals surface area (Å²) in [5.41, 5.74) is 5.30. The summed E-state index contributed by atoms with van der Waals surface area (Å²) in [5, 5.41) is 6.79. The molecule has 0 radical (unpaired) electrons. The molecule has 1 aliphatic rings. The van der Waals surface area contributed by atoms with E-state index in [0.29, 0.717) is 11.2 Å². The van der Waals surface area contributed by atoms with Crippen LogP contribution in [-0.4, -0.2) is 70.1 Å². The van der Waals surface area contributed by atoms with Gasteiger partial charge in [0, 0.05) is 13.8 Å². The van der Waals surface area contributed by atoms with E-state index in [2.05, 4.69) is 15.2 Å². The Morgan fingerprint density at radius 2 is 1.83 bits per heavy atom. The van der Waals surface area contributed by atoms with Crippen LogP contribution in [0.3, 0.4) is 0 Å². The number of hydrogen-bond acceptors (Lipinski definition) is 13. The first-order valence-electron chi connectivity index (χ1n) is 12.8. The van der Waals surface area contributed by atoms with Crippen molar-refractivity contribution in [3.05, 3.63) is 54.5 Å². The van der Waals surface area contributed by atoms with Crippen molar-refractivity contribution in [1.29, 1.82) is 0 Å². The summed E-state index contributed by atoms with van der Waals surface area (Å²) in [6.45, 7) is 4.83. The number of carbonyl (C=O) groups is 3. The Morgan fingerprint density at radius 3 is 2.48 bits per heavy atom. The summed E-state index contributed by atoms with van der Waals surface area (Å²) in [4.78, 5) is 40.5. The number of carbonyl (C=O) groups excluding carboxylic acids is 3. The lowest BCUT2D eigenvalue weighted by Crippen LogP contribution is -2.48. The van der Waals surface area contributed by atoms with Gasteiger partial charge in [-0.3, -0.25) is 18.9 Å². The van der Waals surface area contributed by atoms with E-state index in [-0.39, 0.29) is 11.6 Å². The van der Waals surface area contributed by atoms with Crippen LogP contribution in [0.1, 0.15) is 39.5 Å². The molecular formula is C26H32N5O10P. The number of nitrogens with zero attached hydrogens (tertiary/aromatic N) is 3. The first-order chi connectivity index (χ1) is 19.9. The normalized spacial score (nSPS) is 24.0. The molecule has 16 heteroatoms. The van der Waals surface area contributed by atoms with Crippen LogP contribution < -0.4 is 15.3 Å². The fourth-order valence-corrected chi connectivity index (χ4v) is 6.12. The number of methoxy groups -OCH3 is 1. The predicted octanol–water partition coefficient (Wildman–Crippen LogP) is 2.36. The molecule has 0 bridgehead atoms. The van der Waals surface area contributed by atoms with E-state index in [9.17, 15) is 18.9 Å². The molecule has 2 aromatic heterocycles. The van der Waals surface area contributed by atoms with Gasteiger partial charge in [-0.2, -0.15) is 10.2 Å². The SMILES string of the molecule is COC(=O)[C@H](C)N[P@@](=O)(OC[C@@]1(C)O[C@@H](c2ccc3c(N)ncnn23)[C@H](OC(C)=O)[C@@H]1OC(C)=O)Oc1ccccc1. The quantitative estimate of drug-likeness (QED) is 0.184. The number of fused-ring (bicyclic) bond motifs is 1. The second-order valence-corrected chi connectivity index (χ2v) is 11.4. The minimum absolute atomic E-state index is 0.187. The van der Waals surface area contributed by atoms with Gasteiger partial charge in [0.25, 0.3) is 0 Å². The lowest BCUT2D eigenvalue weighted by atomic mass is 9.96. The molecular weight excluding hydrogens is 573 g/mol. The number of nitrogens with two attached hydrogens (primary N) is 1. The lowest BCUT2D eigenvalue weighted by molar-refractivity contribution is -0.169. The summed E-state index contributed by atoms with van der Waals surface area (Å²) in [7, 11) is -3.13. The first kappa shape index (κ1) is 30.9. The smallest absolute Gasteiger partial charge is 0.459 e. The van der Waals surface area contributed by atoms with Crippen molar-refractivity contribution in [3.8, 4) is 5.75 Å². The number of benzene rings is 1. The molecule has 1 aromatic carbocycles. The van der Waals surface area contributed by atoms with E-state index in [1.54, 1.807) is 42.5 Å². The van der Waals surface area contributed by atoms with Crippen molar-refractivity contribution in [3.63, 3.8) is 0 Å². The Hall–Kier alpha value is -4.04. The highest BCUT2D eigenvalue weighted by molar-refractivity contribution is 7.52. The molecule has 1 saturated heterocycles. The number of hydrogen-bond donors (Lipinski definition) is 2. The largest absolute Gasteiger partial charge is 0.468 e. The molecule has 226 valence electrons. The number of rotatable bonds is 11. The summed E-state index contributed by atoms with van der Waals surface area (Å²) in [5.74, 6) is -1.69. The standard InChI is InChI=1S/C26H32N5O10P/c1-15(25(34)36-5)30-42(35,41-18-9-7-6-8-10-18)37-13-26(4)23(39-17(3)33)22(38-16(2)32)21(40-26)19-11-12-20-24(27)28-14-29-31(19)20/h6-12,14-15,21-23H,13H2,1-5H3,(H,30,35)(H2,27,28,29)/t15-,21-,22-,23-,26+,42+/m0/s1. The minimum atomic E-state index is -4.31. The molecule has 0 unspecified atom stereocenters. The summed E-state index contributed by atoms with van der Waals surface area (Å²) < 4.78 is 49.3. The second-order valence-electron chi connectivity index (χ2n) is 9.70. The zero-order valence-corrected chi connectivity index (χ0v) is 24.5. The van der Waals surface area contributed by atoms with Gasteiger partial charge >= 0.3 is 25.7 Å². The summed E-state index contributed by atoms with van der Waals surface area (Å²) in [6.07, 6.45) is -2.21. The molecule has 0 aliphatic carbocycles. The monoisotopic (exact) mass is 605 g/mol. The summed E-state index contributed by atoms with van der Waals surface area (Å²) in [6, 6.07) is 10.4. The molecule has 3 heterocycles. The van der Waals surface area contributed by atoms with Crippen LogP contribution in [0.15, 0.2) is 48.8 Å². The highest BCUT2D eigenvalue weighted by Crippen LogP contribution is 2.49. The zero-order valence-electron chi connectivity index (χ0n) is 23.6. The fraction of sp³-hybridized carbons (Fsp3) is 0.423. The number of esters is 3. The lowest BCUT2D eigenvalue weighted by Gasteiger charge is -2.32. The van der Waals surface area contributed by atoms with Crippen molar-refractivity contribution >= 4 is 37.0 Å². The maximum Gasteiger partial charge on any atom is 0.459 e. The molecule has 4 rings (SSSR count). The molecule has 15 nitrogen and oxygen atoms in total. The molecule has 0 amide bonds. The number of nitrogens with one attached hydrogen (secondary N) is 1. The molecule has 1 fully saturated rings. The third-order valence-electron chi connectivity index (χ3n) is 6.39. The maximum absolute atomic E-state index is 14.0. The van der Waals surface area contributed by atoms with Gasteiger partial charge in [-0.05, 0) is 38.1 Å². The van der Waals surface area contributed by atoms with Crippen LogP contribution in [0.5, 0.6) is 5.75 Å². The van der Waals surface area contributed by atoms with E-state index in [1.165, 1.54) is 45.6 Å². The Kier molecular flexibility index (Phi) is 9.16. The maximum atomic E-state index is 14.0. The molecule has 6 atom stereocenters. The first-order valence-corrected chi connectivity index (χ1v) is 14.4. The van der Waals surface area contributed by atoms with E-state index in [1.807, 2.05) is 0 Å². The predicted molar refractivity (Wildman–Crippen MR) is 146 cm³/mol. The second kappa shape index (κ2) is 12.4. The Labute approximate surface area is 241 Å². The fourth-order valence-electron chi connectivity index (χ4n) is 4.54. The van der Waals surface area contributed by atoms with Crippen LogP contribution in [-0.2, 0) is 42.4 Å². The molecule has 3 aromatic rings. The van der Waals surface area contributed by atoms with Gasteiger partial charge in [0.05, 0.1) is 19.4 Å². The van der Waals surface area contributed by atoms with E-state index >= 15 is 0 Å². The summed E-state index contributed by atoms with van der Waals surface area (Å²) >= 11 is 0. The van der Waals surface area contributed by atoms with Gasteiger partial charge in [0.1, 0.15) is 35.3 Å². The van der Waals surface area contributed by atoms with Crippen LogP contribution in [0.4, 0.5) is 5.82 Å². The third-order valence-corrected chi connectivity index (χ3v) is 8.01. The Morgan fingerprint density at radius 1 is 1.14 bits per heavy atom. The minimum Gasteiger partial charge on any atom is -0.468 e. The van der Waals surface area contributed by atoms with Gasteiger partial charge < -0.3 is 29.2 Å². The highest BCUT2D eigenvalue weighted by Gasteiger charge is 2.58. The Balaban J connectivity index is 1.71. The molecule has 42 heavy (non-hydrogen) atoms. The van der Waals surface area contributed by atoms with Crippen LogP contribution in [0.2, 0.25) is 0 Å². The van der Waals surface area contributed by atoms with Crippen molar-refractivity contribution in [2.75, 3.05) is 19.5 Å². The van der Waals surface area contributed by atoms with Crippen LogP contribution >= 0.6 is 7.75 Å². The Bertz CT molecular complexity index is 1500. The number of anilines is 1. The van der Waals surface area contributed by atoms with Gasteiger partial charge in [-0.1, -0.05) is 18.2 Å². The molecule has 0 saturated carbocycles. The molecule has 1 aliphatic heterocycles. The van der Waals surface area contributed by atoms with Gasteiger partial charge in [-0.15, -0.1) is 0 Å². The van der Waals surface area contributed by atoms with E-state index in [0.717, 1.165) is 0 Å².